The molecule has 2 unspecified atom stereocenters. The Hall–Kier alpha value is -4.84. The number of methoxy groups -OCH3 is 1. The fourth-order valence-corrected chi connectivity index (χ4v) is 4.07. The van der Waals surface area contributed by atoms with Gasteiger partial charge in [-0.3, -0.25) is 9.59 Å². The zero-order valence-electron chi connectivity index (χ0n) is 23.1. The van der Waals surface area contributed by atoms with Crippen molar-refractivity contribution >= 4 is 23.6 Å². The molecule has 0 spiro atoms. The van der Waals surface area contributed by atoms with E-state index in [1.165, 1.54) is 4.90 Å². The molecule has 3 aromatic rings. The van der Waals surface area contributed by atoms with Crippen molar-refractivity contribution in [3.63, 3.8) is 0 Å². The molecule has 9 nitrogen and oxygen atoms in total. The number of rotatable bonds is 10. The van der Waals surface area contributed by atoms with Crippen molar-refractivity contribution in [2.45, 2.75) is 44.9 Å². The third kappa shape index (κ3) is 8.60. The summed E-state index contributed by atoms with van der Waals surface area (Å²) >= 11 is 0. The lowest BCUT2D eigenvalue weighted by molar-refractivity contribution is -0.140. The molecule has 0 saturated heterocycles. The molecule has 0 aliphatic carbocycles. The third-order valence-corrected chi connectivity index (χ3v) is 5.83. The number of benzene rings is 3. The van der Waals surface area contributed by atoms with Gasteiger partial charge in [-0.25, -0.2) is 4.79 Å². The molecule has 3 amide bonds. The van der Waals surface area contributed by atoms with Crippen LogP contribution in [-0.4, -0.2) is 48.1 Å². The molecule has 208 valence electrons. The number of carbonyl (C=O) groups is 3. The average Bonchev–Trinajstić information content (AvgIpc) is 2.92. The van der Waals surface area contributed by atoms with Gasteiger partial charge < -0.3 is 25.0 Å². The predicted octanol–water partition coefficient (Wildman–Crippen LogP) is 4.86. The van der Waals surface area contributed by atoms with Crippen molar-refractivity contribution in [3.05, 3.63) is 96.1 Å². The third-order valence-electron chi connectivity index (χ3n) is 5.83. The number of carbonyl (C=O) groups excluding carboxylic acids is 3. The Morgan fingerprint density at radius 3 is 2.08 bits per heavy atom. The first-order chi connectivity index (χ1) is 19.1. The minimum Gasteiger partial charge on any atom is -0.497 e. The molecule has 3 rings (SSSR count). The Balaban J connectivity index is 1.99. The molecule has 0 heterocycles. The lowest BCUT2D eigenvalue weighted by Gasteiger charge is -2.33. The van der Waals surface area contributed by atoms with Crippen LogP contribution in [0.4, 0.5) is 10.5 Å². The first-order valence-corrected chi connectivity index (χ1v) is 12.8. The molecule has 0 bridgehead atoms. The Morgan fingerprint density at radius 2 is 1.52 bits per heavy atom. The summed E-state index contributed by atoms with van der Waals surface area (Å²) in [5.41, 5.74) is 0.992. The normalized spacial score (nSPS) is 12.3. The molecule has 40 heavy (non-hydrogen) atoms. The molecule has 2 atom stereocenters. The largest absolute Gasteiger partial charge is 0.497 e. The van der Waals surface area contributed by atoms with Crippen LogP contribution < -0.4 is 15.4 Å². The van der Waals surface area contributed by atoms with Crippen LogP contribution >= 0.6 is 0 Å². The molecule has 3 aromatic carbocycles. The summed E-state index contributed by atoms with van der Waals surface area (Å²) in [4.78, 5) is 41.8. The van der Waals surface area contributed by atoms with Crippen molar-refractivity contribution in [1.82, 2.24) is 10.2 Å². The average molecular weight is 543 g/mol. The first kappa shape index (κ1) is 29.7. The fraction of sp³-hybridized carbons (Fsp3) is 0.290. The van der Waals surface area contributed by atoms with Gasteiger partial charge in [0.05, 0.1) is 13.2 Å². The lowest BCUT2D eigenvalue weighted by Crippen LogP contribution is -2.53. The molecule has 0 fully saturated rings. The van der Waals surface area contributed by atoms with E-state index >= 15 is 0 Å². The predicted molar refractivity (Wildman–Crippen MR) is 151 cm³/mol. The number of ether oxygens (including phenoxy) is 2. The van der Waals surface area contributed by atoms with Gasteiger partial charge in [-0.2, -0.15) is 5.26 Å². The van der Waals surface area contributed by atoms with E-state index in [9.17, 15) is 19.6 Å². The molecule has 0 aromatic heterocycles. The minimum atomic E-state index is -1.16. The molecule has 9 heteroatoms. The Labute approximate surface area is 234 Å². The van der Waals surface area contributed by atoms with E-state index in [0.717, 1.165) is 5.56 Å². The highest BCUT2D eigenvalue weighted by Crippen LogP contribution is 2.25. The van der Waals surface area contributed by atoms with Crippen LogP contribution in [0.25, 0.3) is 0 Å². The number of alkyl carbamates (subject to hydrolysis) is 1. The van der Waals surface area contributed by atoms with E-state index in [2.05, 4.69) is 10.6 Å². The van der Waals surface area contributed by atoms with Crippen molar-refractivity contribution in [2.24, 2.45) is 0 Å². The maximum Gasteiger partial charge on any atom is 0.408 e. The number of nitriles is 1. The van der Waals surface area contributed by atoms with Crippen LogP contribution in [-0.2, 0) is 20.7 Å². The van der Waals surface area contributed by atoms with Crippen LogP contribution in [0.2, 0.25) is 0 Å². The lowest BCUT2D eigenvalue weighted by atomic mass is 10.0. The van der Waals surface area contributed by atoms with Crippen LogP contribution in [0.1, 0.15) is 37.9 Å². The highest BCUT2D eigenvalue weighted by Gasteiger charge is 2.36. The second-order valence-corrected chi connectivity index (χ2v) is 10.0. The molecule has 2 N–H and O–H groups in total. The molecular weight excluding hydrogens is 508 g/mol. The van der Waals surface area contributed by atoms with Crippen LogP contribution in [0, 0.1) is 11.3 Å². The van der Waals surface area contributed by atoms with Crippen LogP contribution in [0.15, 0.2) is 84.9 Å². The van der Waals surface area contributed by atoms with Crippen molar-refractivity contribution in [2.75, 3.05) is 19.0 Å². The van der Waals surface area contributed by atoms with Crippen molar-refractivity contribution < 1.29 is 23.9 Å². The standard InChI is InChI=1S/C31H34N4O5/c1-31(2,3)40-30(38)34-26(21-22-11-7-5-8-12-22)29(37)35(20-19-32)27(23-13-9-6-10-14-23)28(36)33-24-15-17-25(39-4)18-16-24/h5-18,26-27H,20-21H2,1-4H3,(H,33,36)(H,34,38). The Kier molecular flexibility index (Phi) is 10.3. The Bertz CT molecular complexity index is 1320. The summed E-state index contributed by atoms with van der Waals surface area (Å²) in [5, 5.41) is 15.2. The summed E-state index contributed by atoms with van der Waals surface area (Å²) in [6, 6.07) is 24.4. The number of hydrogen-bond donors (Lipinski definition) is 2. The molecular formula is C31H34N4O5. The van der Waals surface area contributed by atoms with Gasteiger partial charge in [0.1, 0.15) is 30.0 Å². The maximum atomic E-state index is 14.1. The van der Waals surface area contributed by atoms with Gasteiger partial charge in [0.2, 0.25) is 5.91 Å². The number of nitrogens with zero attached hydrogens (tertiary/aromatic N) is 2. The quantitative estimate of drug-likeness (QED) is 0.353. The highest BCUT2D eigenvalue weighted by atomic mass is 16.6. The van der Waals surface area contributed by atoms with E-state index in [-0.39, 0.29) is 6.42 Å². The minimum absolute atomic E-state index is 0.127. The second kappa shape index (κ2) is 13.8. The zero-order valence-corrected chi connectivity index (χ0v) is 23.1. The molecule has 0 aliphatic rings. The number of hydrogen-bond acceptors (Lipinski definition) is 6. The number of nitrogens with one attached hydrogen (secondary N) is 2. The maximum absolute atomic E-state index is 14.1. The highest BCUT2D eigenvalue weighted by molar-refractivity contribution is 5.99. The van der Waals surface area contributed by atoms with Gasteiger partial charge in [-0.1, -0.05) is 60.7 Å². The van der Waals surface area contributed by atoms with Gasteiger partial charge in [0, 0.05) is 12.1 Å². The van der Waals surface area contributed by atoms with E-state index in [1.54, 1.807) is 82.5 Å². The smallest absolute Gasteiger partial charge is 0.408 e. The summed E-state index contributed by atoms with van der Waals surface area (Å²) in [6.45, 7) is 4.77. The van der Waals surface area contributed by atoms with Crippen LogP contribution in [0.5, 0.6) is 5.75 Å². The van der Waals surface area contributed by atoms with Gasteiger partial charge >= 0.3 is 6.09 Å². The van der Waals surface area contributed by atoms with Crippen molar-refractivity contribution in [1.29, 1.82) is 5.26 Å². The van der Waals surface area contributed by atoms with E-state index < -0.39 is 42.1 Å². The fourth-order valence-electron chi connectivity index (χ4n) is 4.07. The summed E-state index contributed by atoms with van der Waals surface area (Å²) in [5.74, 6) is -0.499. The number of anilines is 1. The topological polar surface area (TPSA) is 121 Å². The van der Waals surface area contributed by atoms with E-state index in [0.29, 0.717) is 17.0 Å². The van der Waals surface area contributed by atoms with Gasteiger partial charge in [-0.05, 0) is 56.2 Å². The summed E-state index contributed by atoms with van der Waals surface area (Å²) in [6.07, 6.45) is -0.653. The van der Waals surface area contributed by atoms with E-state index in [1.807, 2.05) is 36.4 Å². The molecule has 0 radical (unpaired) electrons. The van der Waals surface area contributed by atoms with Crippen LogP contribution in [0.3, 0.4) is 0 Å². The second-order valence-electron chi connectivity index (χ2n) is 10.0. The first-order valence-electron chi connectivity index (χ1n) is 12.8. The molecule has 0 aliphatic heterocycles. The summed E-state index contributed by atoms with van der Waals surface area (Å²) in [7, 11) is 1.54. The van der Waals surface area contributed by atoms with Gasteiger partial charge in [-0.15, -0.1) is 0 Å². The van der Waals surface area contributed by atoms with Crippen molar-refractivity contribution in [3.8, 4) is 11.8 Å². The monoisotopic (exact) mass is 542 g/mol. The Morgan fingerprint density at radius 1 is 0.925 bits per heavy atom. The van der Waals surface area contributed by atoms with Gasteiger partial charge in [0.25, 0.3) is 5.91 Å². The SMILES string of the molecule is COc1ccc(NC(=O)C(c2ccccc2)N(CC#N)C(=O)C(Cc2ccccc2)NC(=O)OC(C)(C)C)cc1. The number of amides is 3. The molecule has 0 saturated carbocycles. The summed E-state index contributed by atoms with van der Waals surface area (Å²) < 4.78 is 10.6. The van der Waals surface area contributed by atoms with E-state index in [4.69, 9.17) is 9.47 Å². The zero-order chi connectivity index (χ0) is 29.1. The van der Waals surface area contributed by atoms with Gasteiger partial charge in [0.15, 0.2) is 0 Å².